The maximum atomic E-state index is 11.0. The smallest absolute Gasteiger partial charge is 0.335 e. The zero-order valence-electron chi connectivity index (χ0n) is 12.3. The molecular weight excluding hydrogens is 274 g/mol. The molecule has 0 aliphatic rings. The first kappa shape index (κ1) is 14.1. The minimum Gasteiger partial charge on any atom is -0.478 e. The van der Waals surface area contributed by atoms with E-state index < -0.39 is 5.97 Å². The molecule has 0 saturated heterocycles. The highest BCUT2D eigenvalue weighted by molar-refractivity contribution is 5.88. The van der Waals surface area contributed by atoms with Crippen molar-refractivity contribution in [2.75, 3.05) is 5.32 Å². The summed E-state index contributed by atoms with van der Waals surface area (Å²) < 4.78 is 0. The van der Waals surface area contributed by atoms with Crippen molar-refractivity contribution in [3.63, 3.8) is 0 Å². The molecule has 0 amide bonds. The number of carboxylic acid groups (broad SMARTS) is 1. The lowest BCUT2D eigenvalue weighted by Gasteiger charge is -2.12. The van der Waals surface area contributed by atoms with E-state index in [-0.39, 0.29) is 0 Å². The summed E-state index contributed by atoms with van der Waals surface area (Å²) in [6.45, 7) is 2.62. The first-order chi connectivity index (χ1) is 10.6. The van der Waals surface area contributed by atoms with Gasteiger partial charge in [0.05, 0.1) is 5.56 Å². The Balaban J connectivity index is 1.84. The molecule has 0 spiro atoms. The number of carbonyl (C=O) groups is 1. The summed E-state index contributed by atoms with van der Waals surface area (Å²) in [4.78, 5) is 11.0. The second kappa shape index (κ2) is 5.90. The van der Waals surface area contributed by atoms with Gasteiger partial charge in [-0.3, -0.25) is 0 Å². The standard InChI is InChI=1S/C19H17NO2/c1-13-11-15(19(21)22)9-10-18(13)20-12-16-7-4-6-14-5-2-3-8-17(14)16/h2-11,20H,12H2,1H3,(H,21,22). The Labute approximate surface area is 129 Å². The predicted molar refractivity (Wildman–Crippen MR) is 89.4 cm³/mol. The minimum absolute atomic E-state index is 0.313. The Kier molecular flexibility index (Phi) is 3.79. The van der Waals surface area contributed by atoms with Gasteiger partial charge in [-0.15, -0.1) is 0 Å². The van der Waals surface area contributed by atoms with Crippen LogP contribution in [0.4, 0.5) is 5.69 Å². The number of hydrogen-bond acceptors (Lipinski definition) is 2. The quantitative estimate of drug-likeness (QED) is 0.746. The second-order valence-corrected chi connectivity index (χ2v) is 5.33. The maximum absolute atomic E-state index is 11.0. The Hall–Kier alpha value is -2.81. The number of carboxylic acids is 1. The average molecular weight is 291 g/mol. The third kappa shape index (κ3) is 2.79. The van der Waals surface area contributed by atoms with Crippen LogP contribution in [-0.2, 0) is 6.54 Å². The molecule has 3 rings (SSSR count). The van der Waals surface area contributed by atoms with E-state index in [2.05, 4.69) is 35.6 Å². The lowest BCUT2D eigenvalue weighted by Crippen LogP contribution is -2.03. The lowest BCUT2D eigenvalue weighted by atomic mass is 10.0. The molecule has 0 fully saturated rings. The molecule has 3 nitrogen and oxygen atoms in total. The highest BCUT2D eigenvalue weighted by atomic mass is 16.4. The summed E-state index contributed by atoms with van der Waals surface area (Å²) in [6, 6.07) is 19.7. The van der Waals surface area contributed by atoms with Crippen LogP contribution < -0.4 is 5.32 Å². The molecule has 0 aliphatic carbocycles. The number of benzene rings is 3. The van der Waals surface area contributed by atoms with Crippen LogP contribution >= 0.6 is 0 Å². The van der Waals surface area contributed by atoms with Crippen molar-refractivity contribution in [2.24, 2.45) is 0 Å². The highest BCUT2D eigenvalue weighted by Crippen LogP contribution is 2.21. The van der Waals surface area contributed by atoms with E-state index in [1.807, 2.05) is 25.1 Å². The van der Waals surface area contributed by atoms with E-state index in [0.717, 1.165) is 11.3 Å². The molecule has 0 radical (unpaired) electrons. The first-order valence-electron chi connectivity index (χ1n) is 7.19. The number of hydrogen-bond donors (Lipinski definition) is 2. The minimum atomic E-state index is -0.899. The Morgan fingerprint density at radius 3 is 2.59 bits per heavy atom. The van der Waals surface area contributed by atoms with Crippen LogP contribution in [0.3, 0.4) is 0 Å². The van der Waals surface area contributed by atoms with Crippen LogP contribution in [0.1, 0.15) is 21.5 Å². The average Bonchev–Trinajstić information content (AvgIpc) is 2.53. The van der Waals surface area contributed by atoms with Gasteiger partial charge in [-0.05, 0) is 47.0 Å². The van der Waals surface area contributed by atoms with Gasteiger partial charge in [0.15, 0.2) is 0 Å². The molecule has 0 atom stereocenters. The van der Waals surface area contributed by atoms with Gasteiger partial charge < -0.3 is 10.4 Å². The molecule has 22 heavy (non-hydrogen) atoms. The lowest BCUT2D eigenvalue weighted by molar-refractivity contribution is 0.0697. The fourth-order valence-corrected chi connectivity index (χ4v) is 2.63. The normalized spacial score (nSPS) is 10.6. The van der Waals surface area contributed by atoms with Gasteiger partial charge in [-0.1, -0.05) is 42.5 Å². The van der Waals surface area contributed by atoms with Crippen molar-refractivity contribution in [1.29, 1.82) is 0 Å². The Morgan fingerprint density at radius 1 is 1.05 bits per heavy atom. The Bertz CT molecular complexity index is 834. The van der Waals surface area contributed by atoms with Gasteiger partial charge in [0.1, 0.15) is 0 Å². The number of aromatic carboxylic acids is 1. The molecule has 0 heterocycles. The monoisotopic (exact) mass is 291 g/mol. The molecule has 3 heteroatoms. The molecule has 3 aromatic carbocycles. The van der Waals surface area contributed by atoms with Crippen molar-refractivity contribution in [2.45, 2.75) is 13.5 Å². The van der Waals surface area contributed by atoms with Gasteiger partial charge in [0.25, 0.3) is 0 Å². The number of nitrogens with one attached hydrogen (secondary N) is 1. The van der Waals surface area contributed by atoms with Crippen LogP contribution in [0, 0.1) is 6.92 Å². The second-order valence-electron chi connectivity index (χ2n) is 5.33. The van der Waals surface area contributed by atoms with E-state index in [1.165, 1.54) is 16.3 Å². The van der Waals surface area contributed by atoms with Crippen LogP contribution in [0.15, 0.2) is 60.7 Å². The summed E-state index contributed by atoms with van der Waals surface area (Å²) in [7, 11) is 0. The number of anilines is 1. The molecular formula is C19H17NO2. The summed E-state index contributed by atoms with van der Waals surface area (Å²) in [5.41, 5.74) is 3.42. The fraction of sp³-hybridized carbons (Fsp3) is 0.105. The highest BCUT2D eigenvalue weighted by Gasteiger charge is 2.06. The zero-order valence-corrected chi connectivity index (χ0v) is 12.3. The van der Waals surface area contributed by atoms with Crippen molar-refractivity contribution in [3.8, 4) is 0 Å². The number of aryl methyl sites for hydroxylation is 1. The maximum Gasteiger partial charge on any atom is 0.335 e. The summed E-state index contributed by atoms with van der Waals surface area (Å²) in [6.07, 6.45) is 0. The number of rotatable bonds is 4. The van der Waals surface area contributed by atoms with E-state index in [4.69, 9.17) is 5.11 Å². The summed E-state index contributed by atoms with van der Waals surface area (Å²) in [5, 5.41) is 14.9. The topological polar surface area (TPSA) is 49.3 Å². The van der Waals surface area contributed by atoms with Crippen LogP contribution in [0.5, 0.6) is 0 Å². The SMILES string of the molecule is Cc1cc(C(=O)O)ccc1NCc1cccc2ccccc12. The third-order valence-corrected chi connectivity index (χ3v) is 3.82. The van der Waals surface area contributed by atoms with Crippen LogP contribution in [0.25, 0.3) is 10.8 Å². The number of fused-ring (bicyclic) bond motifs is 1. The third-order valence-electron chi connectivity index (χ3n) is 3.82. The zero-order chi connectivity index (χ0) is 15.5. The van der Waals surface area contributed by atoms with E-state index in [0.29, 0.717) is 12.1 Å². The van der Waals surface area contributed by atoms with E-state index in [9.17, 15) is 4.79 Å². The summed E-state index contributed by atoms with van der Waals surface area (Å²) in [5.74, 6) is -0.899. The van der Waals surface area contributed by atoms with Crippen molar-refractivity contribution < 1.29 is 9.90 Å². The van der Waals surface area contributed by atoms with E-state index in [1.54, 1.807) is 12.1 Å². The molecule has 0 aromatic heterocycles. The van der Waals surface area contributed by atoms with Gasteiger partial charge >= 0.3 is 5.97 Å². The molecule has 0 bridgehead atoms. The molecule has 110 valence electrons. The van der Waals surface area contributed by atoms with Gasteiger partial charge in [0.2, 0.25) is 0 Å². The fourth-order valence-electron chi connectivity index (χ4n) is 2.63. The molecule has 3 aromatic rings. The summed E-state index contributed by atoms with van der Waals surface area (Å²) >= 11 is 0. The molecule has 2 N–H and O–H groups in total. The largest absolute Gasteiger partial charge is 0.478 e. The van der Waals surface area contributed by atoms with Gasteiger partial charge in [-0.2, -0.15) is 0 Å². The van der Waals surface area contributed by atoms with Crippen molar-refractivity contribution in [1.82, 2.24) is 0 Å². The van der Waals surface area contributed by atoms with Crippen LogP contribution in [0.2, 0.25) is 0 Å². The Morgan fingerprint density at radius 2 is 1.82 bits per heavy atom. The molecule has 0 saturated carbocycles. The van der Waals surface area contributed by atoms with Gasteiger partial charge in [-0.25, -0.2) is 4.79 Å². The first-order valence-corrected chi connectivity index (χ1v) is 7.19. The predicted octanol–water partition coefficient (Wildman–Crippen LogP) is 4.46. The molecule has 0 aliphatic heterocycles. The molecule has 0 unspecified atom stereocenters. The van der Waals surface area contributed by atoms with Crippen molar-refractivity contribution >= 4 is 22.4 Å². The van der Waals surface area contributed by atoms with E-state index >= 15 is 0 Å². The van der Waals surface area contributed by atoms with Gasteiger partial charge in [0, 0.05) is 12.2 Å². The van der Waals surface area contributed by atoms with Crippen molar-refractivity contribution in [3.05, 3.63) is 77.4 Å². The van der Waals surface area contributed by atoms with Crippen LogP contribution in [-0.4, -0.2) is 11.1 Å².